The van der Waals surface area contributed by atoms with Crippen molar-refractivity contribution in [2.75, 3.05) is 20.0 Å². The topological polar surface area (TPSA) is 26.7 Å². The van der Waals surface area contributed by atoms with Crippen LogP contribution in [0.15, 0.2) is 291 Å². The summed E-state index contributed by atoms with van der Waals surface area (Å²) in [5.41, 5.74) is 31.2. The number of hydrogen-bond acceptors (Lipinski definition) is 4. The van der Waals surface area contributed by atoms with Gasteiger partial charge in [-0.05, 0) is 158 Å². The third-order valence-electron chi connectivity index (χ3n) is 22.0. The highest BCUT2D eigenvalue weighted by Gasteiger charge is 2.54. The van der Waals surface area contributed by atoms with Gasteiger partial charge >= 0.3 is 0 Å². The molecule has 0 fully saturated rings. The first kappa shape index (κ1) is 58.3. The van der Waals surface area contributed by atoms with Gasteiger partial charge in [0.1, 0.15) is 0 Å². The van der Waals surface area contributed by atoms with Crippen LogP contribution in [0.2, 0.25) is 6.32 Å². The van der Waals surface area contributed by atoms with Crippen LogP contribution in [-0.2, 0) is 10.8 Å². The molecule has 0 radical (unpaired) electrons. The lowest BCUT2D eigenvalue weighted by Gasteiger charge is -2.45. The zero-order chi connectivity index (χ0) is 64.8. The van der Waals surface area contributed by atoms with Crippen LogP contribution in [0.3, 0.4) is 0 Å². The maximum Gasteiger partial charge on any atom is 0.216 e. The smallest absolute Gasteiger partial charge is 0.216 e. The second-order valence-electron chi connectivity index (χ2n) is 28.1. The van der Waals surface area contributed by atoms with E-state index in [0.29, 0.717) is 5.92 Å². The molecular formula is C89H78BN5. The average Bonchev–Trinajstić information content (AvgIpc) is 1.58. The predicted octanol–water partition coefficient (Wildman–Crippen LogP) is 22.6. The average molecular weight is 1230 g/mol. The molecule has 1 atom stereocenters. The van der Waals surface area contributed by atoms with Crippen LogP contribution >= 0.6 is 0 Å². The molecule has 95 heavy (non-hydrogen) atoms. The quantitative estimate of drug-likeness (QED) is 0.103. The molecule has 11 aromatic carbocycles. The molecule has 1 unspecified atom stereocenters. The van der Waals surface area contributed by atoms with E-state index in [0.717, 1.165) is 91.4 Å². The molecule has 12 aromatic rings. The van der Waals surface area contributed by atoms with Gasteiger partial charge in [-0.25, -0.2) is 0 Å². The molecule has 0 saturated heterocycles. The highest BCUT2D eigenvalue weighted by molar-refractivity contribution is 6.83. The molecule has 3 aliphatic heterocycles. The Bertz CT molecular complexity index is 4840. The largest absolute Gasteiger partial charge is 0.383 e. The molecule has 5 nitrogen and oxygen atoms in total. The van der Waals surface area contributed by atoms with Crippen LogP contribution in [0.25, 0.3) is 49.7 Å². The molecule has 17 rings (SSSR count). The Hall–Kier alpha value is -10.6. The molecule has 1 N–H and O–H groups in total. The van der Waals surface area contributed by atoms with E-state index >= 15 is 0 Å². The fourth-order valence-electron chi connectivity index (χ4n) is 17.7. The molecule has 462 valence electrons. The molecule has 0 amide bonds. The number of nitrogens with one attached hydrogen (secondary N) is 1. The summed E-state index contributed by atoms with van der Waals surface area (Å²) in [5, 5.41) is 6.45. The molecule has 2 spiro atoms. The third kappa shape index (κ3) is 8.04. The highest BCUT2D eigenvalue weighted by atomic mass is 15.2. The Morgan fingerprint density at radius 2 is 0.863 bits per heavy atom. The van der Waals surface area contributed by atoms with Crippen molar-refractivity contribution in [1.82, 2.24) is 4.57 Å². The third-order valence-corrected chi connectivity index (χ3v) is 22.0. The van der Waals surface area contributed by atoms with Gasteiger partial charge in [0.05, 0.1) is 61.7 Å². The number of rotatable bonds is 11. The SMILES string of the molecule is C=CC1=C(CC)N(C(=C)C=CC(C)C(C)(C)C)c2cc(-n3c4c(N5c6ccccc6C6(c7ccccc7-c7ccccc76)c6ccccc65)cccc4c4cccc(N5c6ccccc6C6(c7ccccc7-c7ccccc76)c6ccccc65)c43)cc(NC(C)C)c2B1CC. The molecule has 4 heterocycles. The lowest BCUT2D eigenvalue weighted by atomic mass is 9.36. The van der Waals surface area contributed by atoms with Gasteiger partial charge in [0.2, 0.25) is 6.71 Å². The van der Waals surface area contributed by atoms with Crippen LogP contribution in [0.4, 0.5) is 45.5 Å². The van der Waals surface area contributed by atoms with E-state index in [2.05, 4.69) is 347 Å². The van der Waals surface area contributed by atoms with Gasteiger partial charge in [0, 0.05) is 39.6 Å². The first-order valence-corrected chi connectivity index (χ1v) is 34.3. The van der Waals surface area contributed by atoms with Crippen molar-refractivity contribution >= 4 is 79.5 Å². The van der Waals surface area contributed by atoms with Crippen molar-refractivity contribution < 1.29 is 0 Å². The van der Waals surface area contributed by atoms with Gasteiger partial charge in [0.25, 0.3) is 0 Å². The molecule has 5 aliphatic rings. The van der Waals surface area contributed by atoms with Gasteiger partial charge in [-0.2, -0.15) is 0 Å². The van der Waals surface area contributed by atoms with Gasteiger partial charge in [-0.3, -0.25) is 0 Å². The van der Waals surface area contributed by atoms with Crippen molar-refractivity contribution in [1.29, 1.82) is 0 Å². The molecule has 6 heteroatoms. The molecule has 1 aromatic heterocycles. The standard InChI is InChI=1S/C89H78BN5/c1-11-74-76(12-2)92(58(7)53-52-57(6)87(8,9)10)83-55-59(54-75(91-56(4)5)84(83)90(74)13-3)93-85-64(36-30-50-81(85)94-77-46-26-22-42-70(77)88(71-43-23-27-47-78(71)94)66-38-18-14-32-60(66)61-33-15-19-39-67(61)88)65-37-31-51-82(86(65)93)95-79-48-28-24-44-72(79)89(73-45-25-29-49-80(73)95)68-40-20-16-34-62(68)63-35-17-21-41-69(63)89/h11,14-57,91H,1,7,12-13H2,2-6,8-10H3. The second kappa shape index (κ2) is 21.8. The van der Waals surface area contributed by atoms with Crippen molar-refractivity contribution in [3.63, 3.8) is 0 Å². The molecule has 0 saturated carbocycles. The van der Waals surface area contributed by atoms with Crippen molar-refractivity contribution in [3.8, 4) is 27.9 Å². The number of nitrogens with zero attached hydrogens (tertiary/aromatic N) is 4. The number of para-hydroxylation sites is 6. The van der Waals surface area contributed by atoms with Gasteiger partial charge < -0.3 is 24.6 Å². The molecule has 2 aliphatic carbocycles. The van der Waals surface area contributed by atoms with Gasteiger partial charge in [-0.1, -0.05) is 273 Å². The van der Waals surface area contributed by atoms with Crippen molar-refractivity contribution in [3.05, 3.63) is 335 Å². The van der Waals surface area contributed by atoms with E-state index < -0.39 is 10.8 Å². The monoisotopic (exact) mass is 1230 g/mol. The fraction of sp³-hybridized carbons (Fsp3) is 0.169. The Morgan fingerprint density at radius 3 is 1.23 bits per heavy atom. The summed E-state index contributed by atoms with van der Waals surface area (Å²) in [6.45, 7) is 28.1. The number of allylic oxidation sites excluding steroid dienone is 5. The molecule has 0 bridgehead atoms. The lowest BCUT2D eigenvalue weighted by molar-refractivity contribution is 0.314. The first-order valence-electron chi connectivity index (χ1n) is 34.3. The summed E-state index contributed by atoms with van der Waals surface area (Å²) in [6.07, 6.45) is 8.46. The Morgan fingerprint density at radius 1 is 0.484 bits per heavy atom. The van der Waals surface area contributed by atoms with Crippen LogP contribution < -0.4 is 25.5 Å². The minimum absolute atomic E-state index is 0.0666. The maximum absolute atomic E-state index is 5.01. The fourth-order valence-corrected chi connectivity index (χ4v) is 17.7. The van der Waals surface area contributed by atoms with Crippen LogP contribution in [-0.4, -0.2) is 17.3 Å². The summed E-state index contributed by atoms with van der Waals surface area (Å²) < 4.78 is 2.66. The van der Waals surface area contributed by atoms with E-state index in [1.807, 2.05) is 0 Å². The zero-order valence-electron chi connectivity index (χ0n) is 55.7. The lowest BCUT2D eigenvalue weighted by Crippen LogP contribution is -2.45. The summed E-state index contributed by atoms with van der Waals surface area (Å²) >= 11 is 0. The number of fused-ring (bicyclic) bond motifs is 22. The van der Waals surface area contributed by atoms with E-state index in [9.17, 15) is 0 Å². The normalized spacial score (nSPS) is 15.4. The van der Waals surface area contributed by atoms with E-state index in [1.54, 1.807) is 0 Å². The Kier molecular flexibility index (Phi) is 13.3. The zero-order valence-corrected chi connectivity index (χ0v) is 55.7. The second-order valence-corrected chi connectivity index (χ2v) is 28.1. The Labute approximate surface area is 560 Å². The van der Waals surface area contributed by atoms with Crippen LogP contribution in [0, 0.1) is 11.3 Å². The van der Waals surface area contributed by atoms with E-state index in [-0.39, 0.29) is 18.2 Å². The van der Waals surface area contributed by atoms with Crippen LogP contribution in [0.5, 0.6) is 0 Å². The first-order chi connectivity index (χ1) is 46.4. The predicted molar refractivity (Wildman–Crippen MR) is 403 cm³/mol. The number of anilines is 8. The highest BCUT2D eigenvalue weighted by Crippen LogP contribution is 2.66. The van der Waals surface area contributed by atoms with E-state index in [1.165, 1.54) is 83.4 Å². The minimum Gasteiger partial charge on any atom is -0.383 e. The number of aromatic nitrogens is 1. The van der Waals surface area contributed by atoms with Crippen molar-refractivity contribution in [2.24, 2.45) is 11.3 Å². The summed E-state index contributed by atoms with van der Waals surface area (Å²) in [7, 11) is 0. The van der Waals surface area contributed by atoms with Crippen molar-refractivity contribution in [2.45, 2.75) is 85.0 Å². The Balaban J connectivity index is 1.00. The maximum atomic E-state index is 5.01. The summed E-state index contributed by atoms with van der Waals surface area (Å²) in [4.78, 5) is 7.68. The summed E-state index contributed by atoms with van der Waals surface area (Å²) in [6, 6.07) is 92.7. The minimum atomic E-state index is -0.580. The van der Waals surface area contributed by atoms with Gasteiger partial charge in [0.15, 0.2) is 0 Å². The van der Waals surface area contributed by atoms with Crippen LogP contribution in [0.1, 0.15) is 106 Å². The number of hydrogen-bond donors (Lipinski definition) is 1. The molecular weight excluding hydrogens is 1150 g/mol. The van der Waals surface area contributed by atoms with E-state index in [4.69, 9.17) is 6.58 Å². The number of benzene rings is 11. The van der Waals surface area contributed by atoms with Gasteiger partial charge in [-0.15, -0.1) is 0 Å². The summed E-state index contributed by atoms with van der Waals surface area (Å²) in [5.74, 6) is 0.301.